The third-order valence-corrected chi connectivity index (χ3v) is 4.49. The van der Waals surface area contributed by atoms with Gasteiger partial charge >= 0.3 is 11.8 Å². The van der Waals surface area contributed by atoms with E-state index in [0.29, 0.717) is 0 Å². The number of nitrogens with zero attached hydrogens (tertiary/aromatic N) is 1. The minimum Gasteiger partial charge on any atom is -0.345 e. The first-order valence-corrected chi connectivity index (χ1v) is 7.84. The second-order valence-corrected chi connectivity index (χ2v) is 5.86. The number of carbonyl (C=O) groups is 2. The lowest BCUT2D eigenvalue weighted by molar-refractivity contribution is -0.148. The zero-order valence-corrected chi connectivity index (χ0v) is 12.0. The van der Waals surface area contributed by atoms with Crippen molar-refractivity contribution in [1.82, 2.24) is 10.2 Å². The van der Waals surface area contributed by atoms with Crippen molar-refractivity contribution in [3.05, 3.63) is 0 Å². The van der Waals surface area contributed by atoms with Crippen LogP contribution >= 0.6 is 0 Å². The van der Waals surface area contributed by atoms with Gasteiger partial charge in [-0.05, 0) is 38.5 Å². The predicted molar refractivity (Wildman–Crippen MR) is 74.7 cm³/mol. The second kappa shape index (κ2) is 6.92. The summed E-state index contributed by atoms with van der Waals surface area (Å²) in [6, 6.07) is 0.480. The van der Waals surface area contributed by atoms with Crippen LogP contribution in [0.3, 0.4) is 0 Å². The van der Waals surface area contributed by atoms with E-state index >= 15 is 0 Å². The van der Waals surface area contributed by atoms with E-state index in [-0.39, 0.29) is 23.9 Å². The van der Waals surface area contributed by atoms with Gasteiger partial charge in [-0.25, -0.2) is 0 Å². The van der Waals surface area contributed by atoms with Gasteiger partial charge in [0.25, 0.3) is 0 Å². The van der Waals surface area contributed by atoms with Gasteiger partial charge in [0.1, 0.15) is 0 Å². The van der Waals surface area contributed by atoms with Crippen LogP contribution in [-0.2, 0) is 9.59 Å². The molecule has 0 bridgehead atoms. The predicted octanol–water partition coefficient (Wildman–Crippen LogP) is 2.23. The Bertz CT molecular complexity index is 324. The van der Waals surface area contributed by atoms with Crippen LogP contribution in [0.25, 0.3) is 0 Å². The number of rotatable bonds is 2. The maximum Gasteiger partial charge on any atom is 0.312 e. The summed E-state index contributed by atoms with van der Waals surface area (Å²) in [6.45, 7) is 2.84. The third-order valence-electron chi connectivity index (χ3n) is 4.49. The van der Waals surface area contributed by atoms with Crippen LogP contribution in [0.1, 0.15) is 64.7 Å². The summed E-state index contributed by atoms with van der Waals surface area (Å²) in [5, 5.41) is 2.93. The van der Waals surface area contributed by atoms with Gasteiger partial charge in [0, 0.05) is 18.6 Å². The summed E-state index contributed by atoms with van der Waals surface area (Å²) in [5.74, 6) is -0.690. The molecule has 4 nitrogen and oxygen atoms in total. The van der Waals surface area contributed by atoms with Crippen LogP contribution in [0.2, 0.25) is 0 Å². The Morgan fingerprint density at radius 3 is 2.42 bits per heavy atom. The average Bonchev–Trinajstić information content (AvgIpc) is 2.47. The van der Waals surface area contributed by atoms with Crippen molar-refractivity contribution in [2.45, 2.75) is 76.8 Å². The molecule has 0 aromatic heterocycles. The Morgan fingerprint density at radius 2 is 1.74 bits per heavy atom. The maximum atomic E-state index is 12.3. The topological polar surface area (TPSA) is 49.4 Å². The minimum atomic E-state index is -0.382. The molecule has 1 N–H and O–H groups in total. The molecule has 2 rings (SSSR count). The summed E-state index contributed by atoms with van der Waals surface area (Å²) in [5.41, 5.74) is 0. The highest BCUT2D eigenvalue weighted by Gasteiger charge is 2.30. The van der Waals surface area contributed by atoms with E-state index in [4.69, 9.17) is 0 Å². The smallest absolute Gasteiger partial charge is 0.312 e. The Labute approximate surface area is 115 Å². The Morgan fingerprint density at radius 1 is 1.05 bits per heavy atom. The number of likely N-dealkylation sites (tertiary alicyclic amines) is 1. The summed E-state index contributed by atoms with van der Waals surface area (Å²) >= 11 is 0. The number of piperidine rings is 1. The summed E-state index contributed by atoms with van der Waals surface area (Å²) < 4.78 is 0. The molecule has 2 amide bonds. The van der Waals surface area contributed by atoms with Crippen molar-refractivity contribution >= 4 is 11.8 Å². The van der Waals surface area contributed by atoms with Crippen molar-refractivity contribution in [2.75, 3.05) is 6.54 Å². The second-order valence-electron chi connectivity index (χ2n) is 5.86. The molecule has 2 fully saturated rings. The maximum absolute atomic E-state index is 12.3. The largest absolute Gasteiger partial charge is 0.345 e. The van der Waals surface area contributed by atoms with E-state index in [1.807, 2.05) is 0 Å². The number of amides is 2. The molecule has 19 heavy (non-hydrogen) atoms. The first kappa shape index (κ1) is 14.4. The molecule has 4 heteroatoms. The number of hydrogen-bond acceptors (Lipinski definition) is 2. The SMILES string of the molecule is CCC1CCCCN1C(=O)C(=O)NC1CCCCC1. The molecule has 108 valence electrons. The molecule has 0 radical (unpaired) electrons. The fraction of sp³-hybridized carbons (Fsp3) is 0.867. The summed E-state index contributed by atoms with van der Waals surface area (Å²) in [7, 11) is 0. The highest BCUT2D eigenvalue weighted by molar-refractivity contribution is 6.35. The third kappa shape index (κ3) is 3.71. The fourth-order valence-corrected chi connectivity index (χ4v) is 3.32. The molecule has 2 aliphatic rings. The quantitative estimate of drug-likeness (QED) is 0.779. The highest BCUT2D eigenvalue weighted by atomic mass is 16.2. The first-order valence-electron chi connectivity index (χ1n) is 7.84. The molecular formula is C15H26N2O2. The van der Waals surface area contributed by atoms with Gasteiger partial charge in [0.05, 0.1) is 0 Å². The van der Waals surface area contributed by atoms with Crippen molar-refractivity contribution in [1.29, 1.82) is 0 Å². The molecule has 1 heterocycles. The van der Waals surface area contributed by atoms with Gasteiger partial charge in [-0.3, -0.25) is 9.59 Å². The zero-order chi connectivity index (χ0) is 13.7. The van der Waals surface area contributed by atoms with Gasteiger partial charge < -0.3 is 10.2 Å². The van der Waals surface area contributed by atoms with E-state index in [1.165, 1.54) is 25.7 Å². The van der Waals surface area contributed by atoms with Crippen molar-refractivity contribution in [3.63, 3.8) is 0 Å². The van der Waals surface area contributed by atoms with Crippen molar-refractivity contribution in [2.24, 2.45) is 0 Å². The average molecular weight is 266 g/mol. The molecule has 1 saturated carbocycles. The van der Waals surface area contributed by atoms with Gasteiger partial charge in [-0.1, -0.05) is 26.2 Å². The van der Waals surface area contributed by atoms with Crippen LogP contribution in [0.15, 0.2) is 0 Å². The Balaban J connectivity index is 1.88. The molecule has 0 spiro atoms. The Hall–Kier alpha value is -1.06. The van der Waals surface area contributed by atoms with Crippen LogP contribution < -0.4 is 5.32 Å². The van der Waals surface area contributed by atoms with Crippen molar-refractivity contribution in [3.8, 4) is 0 Å². The monoisotopic (exact) mass is 266 g/mol. The van der Waals surface area contributed by atoms with E-state index in [2.05, 4.69) is 12.2 Å². The summed E-state index contributed by atoms with van der Waals surface area (Å²) in [4.78, 5) is 26.1. The van der Waals surface area contributed by atoms with Crippen LogP contribution in [0, 0.1) is 0 Å². The van der Waals surface area contributed by atoms with Gasteiger partial charge in [0.2, 0.25) is 0 Å². The van der Waals surface area contributed by atoms with E-state index in [0.717, 1.165) is 38.6 Å². The number of hydrogen-bond donors (Lipinski definition) is 1. The lowest BCUT2D eigenvalue weighted by atomic mass is 9.95. The fourth-order valence-electron chi connectivity index (χ4n) is 3.32. The van der Waals surface area contributed by atoms with Crippen LogP contribution in [0.4, 0.5) is 0 Å². The molecule has 1 aliphatic heterocycles. The molecular weight excluding hydrogens is 240 g/mol. The standard InChI is InChI=1S/C15H26N2O2/c1-2-13-10-6-7-11-17(13)15(19)14(18)16-12-8-4-3-5-9-12/h12-13H,2-11H2,1H3,(H,16,18). The van der Waals surface area contributed by atoms with Gasteiger partial charge in [-0.2, -0.15) is 0 Å². The first-order chi connectivity index (χ1) is 9.22. The molecule has 0 aromatic rings. The van der Waals surface area contributed by atoms with Crippen molar-refractivity contribution < 1.29 is 9.59 Å². The molecule has 1 atom stereocenters. The number of nitrogens with one attached hydrogen (secondary N) is 1. The minimum absolute atomic E-state index is 0.218. The van der Waals surface area contributed by atoms with Crippen LogP contribution in [0.5, 0.6) is 0 Å². The lowest BCUT2D eigenvalue weighted by Gasteiger charge is -2.35. The van der Waals surface area contributed by atoms with Gasteiger partial charge in [0.15, 0.2) is 0 Å². The Kier molecular flexibility index (Phi) is 5.23. The van der Waals surface area contributed by atoms with Crippen LogP contribution in [-0.4, -0.2) is 35.3 Å². The highest BCUT2D eigenvalue weighted by Crippen LogP contribution is 2.20. The normalized spacial score (nSPS) is 25.1. The van der Waals surface area contributed by atoms with E-state index < -0.39 is 0 Å². The van der Waals surface area contributed by atoms with E-state index in [1.54, 1.807) is 4.90 Å². The lowest BCUT2D eigenvalue weighted by Crippen LogP contribution is -2.51. The molecule has 1 aliphatic carbocycles. The number of carbonyl (C=O) groups excluding carboxylic acids is 2. The zero-order valence-electron chi connectivity index (χ0n) is 12.0. The van der Waals surface area contributed by atoms with E-state index in [9.17, 15) is 9.59 Å². The summed E-state index contributed by atoms with van der Waals surface area (Å²) in [6.07, 6.45) is 9.82. The molecule has 0 aromatic carbocycles. The molecule has 1 unspecified atom stereocenters. The molecule has 1 saturated heterocycles. The van der Waals surface area contributed by atoms with Gasteiger partial charge in [-0.15, -0.1) is 0 Å².